The fourth-order valence-electron chi connectivity index (χ4n) is 1.69. The molecule has 0 aliphatic heterocycles. The van der Waals surface area contributed by atoms with Crippen LogP contribution in [0.3, 0.4) is 0 Å². The summed E-state index contributed by atoms with van der Waals surface area (Å²) in [6, 6.07) is 2.13. The number of halogens is 1. The lowest BCUT2D eigenvalue weighted by Crippen LogP contribution is -2.22. The van der Waals surface area contributed by atoms with Crippen molar-refractivity contribution in [2.45, 2.75) is 13.0 Å². The average Bonchev–Trinajstić information content (AvgIpc) is 2.39. The number of phenolic OH excluding ortho intramolecular Hbond substituents is 2. The Hall–Kier alpha value is -1.38. The minimum atomic E-state index is -3.50. The minimum absolute atomic E-state index is 0.0258. The molecule has 0 saturated heterocycles. The Labute approximate surface area is 117 Å². The molecule has 0 spiro atoms. The van der Waals surface area contributed by atoms with Gasteiger partial charge in [-0.15, -0.1) is 0 Å². The van der Waals surface area contributed by atoms with Crippen molar-refractivity contribution in [3.05, 3.63) is 23.5 Å². The van der Waals surface area contributed by atoms with Crippen LogP contribution >= 0.6 is 0 Å². The summed E-state index contributed by atoms with van der Waals surface area (Å²) in [6.45, 7) is 0.427. The number of nitrogens with zero attached hydrogens (tertiary/aromatic N) is 1. The van der Waals surface area contributed by atoms with E-state index >= 15 is 0 Å². The largest absolute Gasteiger partial charge is 0.504 e. The van der Waals surface area contributed by atoms with Crippen molar-refractivity contribution in [2.75, 3.05) is 26.5 Å². The van der Waals surface area contributed by atoms with Gasteiger partial charge in [0.05, 0.1) is 12.9 Å². The van der Waals surface area contributed by atoms with E-state index in [-0.39, 0.29) is 17.9 Å². The fourth-order valence-corrected chi connectivity index (χ4v) is 2.34. The molecule has 1 aromatic rings. The standard InChI is InChI=1S/C12H18FNO5S/c1-14(6-3-7-20(17,18)19-2)8-9-10(13)4-5-11(15)12(9)16/h4-5,15-16H,3,6-8H2,1-2H3. The number of aromatic hydroxyl groups is 2. The summed E-state index contributed by atoms with van der Waals surface area (Å²) in [5.74, 6) is -1.66. The third kappa shape index (κ3) is 4.62. The molecular formula is C12H18FNO5S. The van der Waals surface area contributed by atoms with Crippen LogP contribution in [0.15, 0.2) is 12.1 Å². The Morgan fingerprint density at radius 1 is 1.35 bits per heavy atom. The zero-order chi connectivity index (χ0) is 15.3. The van der Waals surface area contributed by atoms with Gasteiger partial charge in [-0.3, -0.25) is 4.18 Å². The maximum atomic E-state index is 13.5. The highest BCUT2D eigenvalue weighted by Gasteiger charge is 2.15. The maximum absolute atomic E-state index is 13.5. The quantitative estimate of drug-likeness (QED) is 0.578. The summed E-state index contributed by atoms with van der Waals surface area (Å²) in [7, 11) is -0.750. The summed E-state index contributed by atoms with van der Waals surface area (Å²) >= 11 is 0. The van der Waals surface area contributed by atoms with Crippen molar-refractivity contribution >= 4 is 10.1 Å². The molecule has 8 heteroatoms. The molecule has 0 bridgehead atoms. The Bertz CT molecular complexity index is 561. The predicted molar refractivity (Wildman–Crippen MR) is 71.5 cm³/mol. The van der Waals surface area contributed by atoms with Crippen molar-refractivity contribution in [2.24, 2.45) is 0 Å². The van der Waals surface area contributed by atoms with Gasteiger partial charge in [-0.25, -0.2) is 4.39 Å². The molecule has 0 heterocycles. The molecule has 20 heavy (non-hydrogen) atoms. The van der Waals surface area contributed by atoms with Gasteiger partial charge in [0.15, 0.2) is 11.5 Å². The van der Waals surface area contributed by atoms with E-state index in [0.717, 1.165) is 19.2 Å². The molecule has 0 saturated carbocycles. The van der Waals surface area contributed by atoms with E-state index in [2.05, 4.69) is 4.18 Å². The average molecular weight is 307 g/mol. The Morgan fingerprint density at radius 3 is 2.60 bits per heavy atom. The summed E-state index contributed by atoms with van der Waals surface area (Å²) in [6.07, 6.45) is 0.313. The molecule has 0 fully saturated rings. The molecule has 1 aromatic carbocycles. The SMILES string of the molecule is COS(=O)(=O)CCCN(C)Cc1c(F)ccc(O)c1O. The van der Waals surface area contributed by atoms with E-state index in [1.807, 2.05) is 0 Å². The van der Waals surface area contributed by atoms with Gasteiger partial charge in [-0.05, 0) is 32.1 Å². The number of hydrogen-bond donors (Lipinski definition) is 2. The van der Waals surface area contributed by atoms with Crippen LogP contribution in [0.5, 0.6) is 11.5 Å². The fraction of sp³-hybridized carbons (Fsp3) is 0.500. The Morgan fingerprint density at radius 2 is 2.00 bits per heavy atom. The predicted octanol–water partition coefficient (Wildman–Crippen LogP) is 1.03. The van der Waals surface area contributed by atoms with E-state index in [1.165, 1.54) is 0 Å². The van der Waals surface area contributed by atoms with Crippen molar-refractivity contribution in [1.29, 1.82) is 0 Å². The van der Waals surface area contributed by atoms with E-state index in [0.29, 0.717) is 13.0 Å². The maximum Gasteiger partial charge on any atom is 0.267 e. The second kappa shape index (κ2) is 6.87. The van der Waals surface area contributed by atoms with Crippen molar-refractivity contribution in [3.63, 3.8) is 0 Å². The Kier molecular flexibility index (Phi) is 5.73. The highest BCUT2D eigenvalue weighted by molar-refractivity contribution is 7.86. The number of hydrogen-bond acceptors (Lipinski definition) is 6. The number of benzene rings is 1. The van der Waals surface area contributed by atoms with E-state index in [4.69, 9.17) is 0 Å². The zero-order valence-electron chi connectivity index (χ0n) is 11.3. The van der Waals surface area contributed by atoms with Crippen molar-refractivity contribution in [1.82, 2.24) is 4.90 Å². The lowest BCUT2D eigenvalue weighted by molar-refractivity contribution is 0.308. The molecule has 0 aliphatic rings. The highest BCUT2D eigenvalue weighted by Crippen LogP contribution is 2.31. The summed E-state index contributed by atoms with van der Waals surface area (Å²) in [5.41, 5.74) is -0.0258. The van der Waals surface area contributed by atoms with Crippen LogP contribution in [0.4, 0.5) is 4.39 Å². The van der Waals surface area contributed by atoms with Gasteiger partial charge >= 0.3 is 0 Å². The molecule has 114 valence electrons. The van der Waals surface area contributed by atoms with Crippen LogP contribution in [-0.2, 0) is 20.8 Å². The van der Waals surface area contributed by atoms with Gasteiger partial charge in [0.2, 0.25) is 0 Å². The number of rotatable bonds is 7. The van der Waals surface area contributed by atoms with Gasteiger partial charge in [-0.1, -0.05) is 0 Å². The van der Waals surface area contributed by atoms with Crippen LogP contribution in [-0.4, -0.2) is 50.0 Å². The molecule has 0 atom stereocenters. The monoisotopic (exact) mass is 307 g/mol. The normalized spacial score (nSPS) is 12.0. The first-order valence-corrected chi connectivity index (χ1v) is 7.50. The summed E-state index contributed by atoms with van der Waals surface area (Å²) < 4.78 is 40.1. The zero-order valence-corrected chi connectivity index (χ0v) is 12.2. The van der Waals surface area contributed by atoms with Crippen LogP contribution < -0.4 is 0 Å². The van der Waals surface area contributed by atoms with Gasteiger partial charge < -0.3 is 15.1 Å². The minimum Gasteiger partial charge on any atom is -0.504 e. The Balaban J connectivity index is 2.59. The van der Waals surface area contributed by atoms with Crippen molar-refractivity contribution < 1.29 is 27.2 Å². The van der Waals surface area contributed by atoms with Crippen LogP contribution in [0, 0.1) is 5.82 Å². The summed E-state index contributed by atoms with van der Waals surface area (Å²) in [5, 5.41) is 18.9. The second-order valence-electron chi connectivity index (χ2n) is 4.41. The lowest BCUT2D eigenvalue weighted by Gasteiger charge is -2.18. The molecule has 0 amide bonds. The second-order valence-corrected chi connectivity index (χ2v) is 6.27. The third-order valence-corrected chi connectivity index (χ3v) is 4.12. The molecule has 0 unspecified atom stereocenters. The smallest absolute Gasteiger partial charge is 0.267 e. The molecule has 1 rings (SSSR count). The van der Waals surface area contributed by atoms with Crippen LogP contribution in [0.2, 0.25) is 0 Å². The van der Waals surface area contributed by atoms with E-state index in [9.17, 15) is 23.0 Å². The highest BCUT2D eigenvalue weighted by atomic mass is 32.2. The first-order chi connectivity index (χ1) is 9.26. The van der Waals surface area contributed by atoms with E-state index in [1.54, 1.807) is 11.9 Å². The van der Waals surface area contributed by atoms with E-state index < -0.39 is 27.4 Å². The topological polar surface area (TPSA) is 87.1 Å². The van der Waals surface area contributed by atoms with Gasteiger partial charge in [-0.2, -0.15) is 8.42 Å². The molecule has 6 nitrogen and oxygen atoms in total. The van der Waals surface area contributed by atoms with Gasteiger partial charge in [0.25, 0.3) is 10.1 Å². The molecule has 2 N–H and O–H groups in total. The lowest BCUT2D eigenvalue weighted by atomic mass is 10.1. The first-order valence-electron chi connectivity index (χ1n) is 5.93. The summed E-state index contributed by atoms with van der Waals surface area (Å²) in [4.78, 5) is 1.64. The van der Waals surface area contributed by atoms with Crippen LogP contribution in [0.25, 0.3) is 0 Å². The first kappa shape index (κ1) is 16.7. The molecular weight excluding hydrogens is 289 g/mol. The molecule has 0 aliphatic carbocycles. The molecule has 0 radical (unpaired) electrons. The third-order valence-electron chi connectivity index (χ3n) is 2.82. The van der Waals surface area contributed by atoms with Gasteiger partial charge in [0.1, 0.15) is 5.82 Å². The molecule has 0 aromatic heterocycles. The van der Waals surface area contributed by atoms with Crippen LogP contribution in [0.1, 0.15) is 12.0 Å². The van der Waals surface area contributed by atoms with Crippen molar-refractivity contribution in [3.8, 4) is 11.5 Å². The van der Waals surface area contributed by atoms with Gasteiger partial charge in [0, 0.05) is 12.1 Å². The number of phenols is 2.